The number of hydrogen-bond acceptors (Lipinski definition) is 6. The second-order valence-electron chi connectivity index (χ2n) is 5.30. The number of anilines is 1. The lowest BCUT2D eigenvalue weighted by Crippen LogP contribution is -2.35. The van der Waals surface area contributed by atoms with Crippen molar-refractivity contribution in [3.05, 3.63) is 40.2 Å². The summed E-state index contributed by atoms with van der Waals surface area (Å²) in [6.45, 7) is 6.92. The molecular formula is C16H19N3O3S. The van der Waals surface area contributed by atoms with Crippen molar-refractivity contribution in [2.45, 2.75) is 13.8 Å². The summed E-state index contributed by atoms with van der Waals surface area (Å²) >= 11 is 1.65. The summed E-state index contributed by atoms with van der Waals surface area (Å²) < 4.78 is 10.7. The molecule has 1 fully saturated rings. The van der Waals surface area contributed by atoms with Gasteiger partial charge in [0.15, 0.2) is 0 Å². The number of ether oxygens (including phenoxy) is 1. The van der Waals surface area contributed by atoms with Gasteiger partial charge in [0.1, 0.15) is 11.5 Å². The van der Waals surface area contributed by atoms with Crippen LogP contribution in [0.2, 0.25) is 0 Å². The van der Waals surface area contributed by atoms with E-state index in [0.717, 1.165) is 31.2 Å². The van der Waals surface area contributed by atoms with Gasteiger partial charge in [-0.2, -0.15) is 5.10 Å². The molecule has 0 aromatic carbocycles. The predicted molar refractivity (Wildman–Crippen MR) is 90.6 cm³/mol. The van der Waals surface area contributed by atoms with Gasteiger partial charge < -0.3 is 14.1 Å². The first kappa shape index (κ1) is 15.8. The fraction of sp³-hybridized carbons (Fsp3) is 0.375. The lowest BCUT2D eigenvalue weighted by Gasteiger charge is -2.27. The topological polar surface area (TPSA) is 67.1 Å². The molecule has 23 heavy (non-hydrogen) atoms. The summed E-state index contributed by atoms with van der Waals surface area (Å²) in [5.41, 5.74) is 3.05. The van der Waals surface area contributed by atoms with Crippen LogP contribution in [-0.4, -0.2) is 38.4 Å². The molecule has 6 nitrogen and oxygen atoms in total. The van der Waals surface area contributed by atoms with Gasteiger partial charge in [-0.15, -0.1) is 11.3 Å². The molecule has 1 aliphatic heterocycles. The number of nitrogens with zero attached hydrogens (tertiary/aromatic N) is 2. The fourth-order valence-corrected chi connectivity index (χ4v) is 3.37. The first-order valence-corrected chi connectivity index (χ1v) is 8.28. The Morgan fingerprint density at radius 3 is 2.83 bits per heavy atom. The Labute approximate surface area is 138 Å². The number of morpholine rings is 1. The Hall–Kier alpha value is -2.12. The third-order valence-electron chi connectivity index (χ3n) is 3.58. The molecule has 2 aromatic rings. The fourth-order valence-electron chi connectivity index (χ4n) is 2.44. The van der Waals surface area contributed by atoms with Gasteiger partial charge in [0, 0.05) is 18.0 Å². The van der Waals surface area contributed by atoms with Crippen LogP contribution in [0.3, 0.4) is 0 Å². The van der Waals surface area contributed by atoms with Crippen molar-refractivity contribution in [2.75, 3.05) is 31.2 Å². The molecule has 3 heterocycles. The van der Waals surface area contributed by atoms with Gasteiger partial charge in [0.25, 0.3) is 5.91 Å². The first-order valence-electron chi connectivity index (χ1n) is 7.46. The number of carbonyl (C=O) groups is 1. The van der Waals surface area contributed by atoms with Gasteiger partial charge in [0.2, 0.25) is 0 Å². The second kappa shape index (κ2) is 6.97. The smallest absolute Gasteiger partial charge is 0.274 e. The maximum Gasteiger partial charge on any atom is 0.274 e. The van der Waals surface area contributed by atoms with Crippen molar-refractivity contribution >= 4 is 28.5 Å². The zero-order valence-electron chi connectivity index (χ0n) is 13.2. The summed E-state index contributed by atoms with van der Waals surface area (Å²) in [5, 5.41) is 5.22. The summed E-state index contributed by atoms with van der Waals surface area (Å²) in [7, 11) is 0. The third kappa shape index (κ3) is 3.80. The number of rotatable bonds is 4. The minimum atomic E-state index is -0.263. The average Bonchev–Trinajstić information content (AvgIpc) is 3.14. The quantitative estimate of drug-likeness (QED) is 0.690. The van der Waals surface area contributed by atoms with E-state index in [-0.39, 0.29) is 5.91 Å². The molecule has 1 aliphatic rings. The van der Waals surface area contributed by atoms with Crippen LogP contribution < -0.4 is 10.3 Å². The number of furan rings is 1. The number of carbonyl (C=O) groups excluding carboxylic acids is 1. The maximum atomic E-state index is 12.0. The van der Waals surface area contributed by atoms with Gasteiger partial charge in [-0.05, 0) is 32.0 Å². The van der Waals surface area contributed by atoms with E-state index in [1.54, 1.807) is 30.5 Å². The van der Waals surface area contributed by atoms with Crippen molar-refractivity contribution in [1.82, 2.24) is 5.43 Å². The zero-order valence-corrected chi connectivity index (χ0v) is 14.0. The molecule has 0 bridgehead atoms. The molecule has 0 spiro atoms. The summed E-state index contributed by atoms with van der Waals surface area (Å²) in [6.07, 6.45) is 1.66. The second-order valence-corrected chi connectivity index (χ2v) is 6.40. The SMILES string of the molecule is Cc1cc(C(=O)N/N=C/c2ccc(N3CCOCC3)s2)c(C)o1. The minimum absolute atomic E-state index is 0.263. The number of hydrazone groups is 1. The van der Waals surface area contributed by atoms with Gasteiger partial charge in [-0.25, -0.2) is 5.43 Å². The lowest BCUT2D eigenvalue weighted by atomic mass is 10.2. The zero-order chi connectivity index (χ0) is 16.2. The molecule has 7 heteroatoms. The highest BCUT2D eigenvalue weighted by molar-refractivity contribution is 7.17. The largest absolute Gasteiger partial charge is 0.466 e. The Bertz CT molecular complexity index is 714. The highest BCUT2D eigenvalue weighted by Crippen LogP contribution is 2.25. The molecular weight excluding hydrogens is 314 g/mol. The Balaban J connectivity index is 1.59. The Kier molecular flexibility index (Phi) is 4.78. The molecule has 1 amide bonds. The molecule has 2 aromatic heterocycles. The van der Waals surface area contributed by atoms with E-state index in [1.807, 2.05) is 13.0 Å². The monoisotopic (exact) mass is 333 g/mol. The van der Waals surface area contributed by atoms with Gasteiger partial charge in [0.05, 0.1) is 30.0 Å². The van der Waals surface area contributed by atoms with Gasteiger partial charge >= 0.3 is 0 Å². The number of aryl methyl sites for hydroxylation is 2. The summed E-state index contributed by atoms with van der Waals surface area (Å²) in [6, 6.07) is 5.78. The summed E-state index contributed by atoms with van der Waals surface area (Å²) in [4.78, 5) is 15.3. The van der Waals surface area contributed by atoms with Crippen LogP contribution in [0.4, 0.5) is 5.00 Å². The van der Waals surface area contributed by atoms with E-state index < -0.39 is 0 Å². The van der Waals surface area contributed by atoms with Crippen LogP contribution in [0.15, 0.2) is 27.7 Å². The normalized spacial score (nSPS) is 15.3. The van der Waals surface area contributed by atoms with Crippen LogP contribution in [-0.2, 0) is 4.74 Å². The van der Waals surface area contributed by atoms with Crippen molar-refractivity contribution in [3.8, 4) is 0 Å². The van der Waals surface area contributed by atoms with Gasteiger partial charge in [-0.3, -0.25) is 4.79 Å². The van der Waals surface area contributed by atoms with E-state index in [9.17, 15) is 4.79 Å². The van der Waals surface area contributed by atoms with E-state index in [0.29, 0.717) is 17.1 Å². The molecule has 0 aliphatic carbocycles. The molecule has 0 atom stereocenters. The van der Waals surface area contributed by atoms with Crippen LogP contribution in [0.5, 0.6) is 0 Å². The van der Waals surface area contributed by atoms with E-state index >= 15 is 0 Å². The highest BCUT2D eigenvalue weighted by atomic mass is 32.1. The van der Waals surface area contributed by atoms with Crippen LogP contribution >= 0.6 is 11.3 Å². The number of amides is 1. The van der Waals surface area contributed by atoms with Crippen molar-refractivity contribution < 1.29 is 13.9 Å². The standard InChI is InChI=1S/C16H19N3O3S/c1-11-9-14(12(2)22-11)16(20)18-17-10-13-3-4-15(23-13)19-5-7-21-8-6-19/h3-4,9-10H,5-8H2,1-2H3,(H,18,20)/b17-10+. The van der Waals surface area contributed by atoms with Crippen molar-refractivity contribution in [1.29, 1.82) is 0 Å². The Morgan fingerprint density at radius 2 is 2.13 bits per heavy atom. The number of nitrogens with one attached hydrogen (secondary N) is 1. The third-order valence-corrected chi connectivity index (χ3v) is 4.66. The predicted octanol–water partition coefficient (Wildman–Crippen LogP) is 2.56. The molecule has 3 rings (SSSR count). The van der Waals surface area contributed by atoms with Crippen LogP contribution in [0.1, 0.15) is 26.8 Å². The van der Waals surface area contributed by atoms with Crippen LogP contribution in [0, 0.1) is 13.8 Å². The molecule has 1 saturated heterocycles. The highest BCUT2D eigenvalue weighted by Gasteiger charge is 2.14. The maximum absolute atomic E-state index is 12.0. The molecule has 122 valence electrons. The van der Waals surface area contributed by atoms with Crippen molar-refractivity contribution in [3.63, 3.8) is 0 Å². The number of thiophene rings is 1. The van der Waals surface area contributed by atoms with Gasteiger partial charge in [-0.1, -0.05) is 0 Å². The molecule has 1 N–H and O–H groups in total. The molecule has 0 unspecified atom stereocenters. The number of hydrogen-bond donors (Lipinski definition) is 1. The first-order chi connectivity index (χ1) is 11.1. The van der Waals surface area contributed by atoms with E-state index in [1.165, 1.54) is 5.00 Å². The minimum Gasteiger partial charge on any atom is -0.466 e. The van der Waals surface area contributed by atoms with Crippen molar-refractivity contribution in [2.24, 2.45) is 5.10 Å². The summed E-state index contributed by atoms with van der Waals surface area (Å²) in [5.74, 6) is 1.05. The van der Waals surface area contributed by atoms with E-state index in [2.05, 4.69) is 21.5 Å². The van der Waals surface area contributed by atoms with E-state index in [4.69, 9.17) is 9.15 Å². The molecule has 0 radical (unpaired) electrons. The average molecular weight is 333 g/mol. The Morgan fingerprint density at radius 1 is 1.35 bits per heavy atom. The lowest BCUT2D eigenvalue weighted by molar-refractivity contribution is 0.0953. The van der Waals surface area contributed by atoms with Crippen LogP contribution in [0.25, 0.3) is 0 Å². The molecule has 0 saturated carbocycles.